The minimum Gasteiger partial charge on any atom is -0.400 e. The predicted octanol–water partition coefficient (Wildman–Crippen LogP) is 4.65. The van der Waals surface area contributed by atoms with Gasteiger partial charge in [0, 0.05) is 12.8 Å². The largest absolute Gasteiger partial charge is 0.518 e. The van der Waals surface area contributed by atoms with E-state index >= 15 is 0 Å². The summed E-state index contributed by atoms with van der Waals surface area (Å²) in [5.74, 6) is 0.674. The number of ether oxygens (including phenoxy) is 2. The standard InChI is InChI=1S/C19H18O3/c1-15(13-17-9-5-3-6-10-17)21-19(20)22-16(2)14-18-11-7-4-8-12-18/h3-12H,1-2,13-14H2. The van der Waals surface area contributed by atoms with Crippen LogP contribution in [0.3, 0.4) is 0 Å². The van der Waals surface area contributed by atoms with Gasteiger partial charge in [-0.05, 0) is 11.1 Å². The Kier molecular flexibility index (Phi) is 5.55. The lowest BCUT2D eigenvalue weighted by molar-refractivity contribution is 0.0999. The number of allylic oxidation sites excluding steroid dienone is 2. The minimum absolute atomic E-state index is 0.337. The van der Waals surface area contributed by atoms with Crippen LogP contribution in [0.25, 0.3) is 0 Å². The van der Waals surface area contributed by atoms with E-state index in [-0.39, 0.29) is 0 Å². The lowest BCUT2D eigenvalue weighted by Gasteiger charge is -2.09. The topological polar surface area (TPSA) is 35.5 Å². The lowest BCUT2D eigenvalue weighted by atomic mass is 10.1. The molecule has 112 valence electrons. The summed E-state index contributed by atoms with van der Waals surface area (Å²) < 4.78 is 10.1. The Morgan fingerprint density at radius 3 is 1.45 bits per heavy atom. The van der Waals surface area contributed by atoms with Crippen LogP contribution in [0.5, 0.6) is 0 Å². The molecular formula is C19H18O3. The zero-order valence-corrected chi connectivity index (χ0v) is 12.3. The molecule has 3 heteroatoms. The van der Waals surface area contributed by atoms with Crippen molar-refractivity contribution >= 4 is 6.16 Å². The van der Waals surface area contributed by atoms with Gasteiger partial charge in [0.05, 0.1) is 0 Å². The van der Waals surface area contributed by atoms with Crippen molar-refractivity contribution in [1.82, 2.24) is 0 Å². The summed E-state index contributed by atoms with van der Waals surface area (Å²) in [5.41, 5.74) is 2.03. The average Bonchev–Trinajstić information content (AvgIpc) is 2.48. The fourth-order valence-corrected chi connectivity index (χ4v) is 1.98. The highest BCUT2D eigenvalue weighted by Crippen LogP contribution is 2.11. The molecule has 22 heavy (non-hydrogen) atoms. The molecule has 2 rings (SSSR count). The maximum Gasteiger partial charge on any atom is 0.518 e. The second-order valence-electron chi connectivity index (χ2n) is 4.86. The smallest absolute Gasteiger partial charge is 0.400 e. The second kappa shape index (κ2) is 7.84. The number of rotatable bonds is 6. The van der Waals surface area contributed by atoms with E-state index in [2.05, 4.69) is 13.2 Å². The molecular weight excluding hydrogens is 276 g/mol. The van der Waals surface area contributed by atoms with Gasteiger partial charge in [0.15, 0.2) is 0 Å². The van der Waals surface area contributed by atoms with Gasteiger partial charge in [-0.25, -0.2) is 4.79 Å². The Labute approximate surface area is 130 Å². The van der Waals surface area contributed by atoms with Crippen LogP contribution in [-0.4, -0.2) is 6.16 Å². The average molecular weight is 294 g/mol. The molecule has 0 saturated carbocycles. The minimum atomic E-state index is -0.804. The van der Waals surface area contributed by atoms with Crippen molar-refractivity contribution in [2.75, 3.05) is 0 Å². The molecule has 3 nitrogen and oxygen atoms in total. The van der Waals surface area contributed by atoms with Crippen molar-refractivity contribution in [2.24, 2.45) is 0 Å². The zero-order chi connectivity index (χ0) is 15.8. The Balaban J connectivity index is 1.77. The second-order valence-corrected chi connectivity index (χ2v) is 4.86. The number of hydrogen-bond acceptors (Lipinski definition) is 3. The maximum absolute atomic E-state index is 11.7. The van der Waals surface area contributed by atoms with E-state index < -0.39 is 6.16 Å². The first kappa shape index (κ1) is 15.6. The van der Waals surface area contributed by atoms with E-state index in [4.69, 9.17) is 9.47 Å². The summed E-state index contributed by atoms with van der Waals surface area (Å²) >= 11 is 0. The van der Waals surface area contributed by atoms with Crippen molar-refractivity contribution < 1.29 is 14.3 Å². The molecule has 0 radical (unpaired) electrons. The Bertz CT molecular complexity index is 587. The molecule has 0 aromatic heterocycles. The van der Waals surface area contributed by atoms with Crippen molar-refractivity contribution in [3.63, 3.8) is 0 Å². The fourth-order valence-electron chi connectivity index (χ4n) is 1.98. The summed E-state index contributed by atoms with van der Waals surface area (Å²) in [7, 11) is 0. The van der Waals surface area contributed by atoms with Crippen LogP contribution in [0.15, 0.2) is 85.3 Å². The normalized spacial score (nSPS) is 9.82. The Morgan fingerprint density at radius 2 is 1.09 bits per heavy atom. The molecule has 0 bridgehead atoms. The third-order valence-electron chi connectivity index (χ3n) is 2.94. The first-order valence-electron chi connectivity index (χ1n) is 6.96. The lowest BCUT2D eigenvalue weighted by Crippen LogP contribution is -2.08. The maximum atomic E-state index is 11.7. The van der Waals surface area contributed by atoms with E-state index in [1.165, 1.54) is 0 Å². The van der Waals surface area contributed by atoms with Gasteiger partial charge in [-0.15, -0.1) is 0 Å². The van der Waals surface area contributed by atoms with Gasteiger partial charge >= 0.3 is 6.16 Å². The summed E-state index contributed by atoms with van der Waals surface area (Å²) in [6, 6.07) is 19.3. The number of hydrogen-bond donors (Lipinski definition) is 0. The van der Waals surface area contributed by atoms with Crippen LogP contribution in [0.1, 0.15) is 11.1 Å². The number of carbonyl (C=O) groups is 1. The fraction of sp³-hybridized carbons (Fsp3) is 0.105. The molecule has 2 aromatic carbocycles. The van der Waals surface area contributed by atoms with E-state index in [0.29, 0.717) is 24.4 Å². The highest BCUT2D eigenvalue weighted by Gasteiger charge is 2.10. The summed E-state index contributed by atoms with van der Waals surface area (Å²) in [5, 5.41) is 0. The van der Waals surface area contributed by atoms with Gasteiger partial charge in [-0.1, -0.05) is 73.8 Å². The first-order valence-corrected chi connectivity index (χ1v) is 6.96. The summed E-state index contributed by atoms with van der Waals surface area (Å²) in [6.45, 7) is 7.46. The molecule has 0 spiro atoms. The van der Waals surface area contributed by atoms with Gasteiger partial charge in [-0.3, -0.25) is 0 Å². The predicted molar refractivity (Wildman–Crippen MR) is 86.1 cm³/mol. The highest BCUT2D eigenvalue weighted by atomic mass is 16.7. The van der Waals surface area contributed by atoms with Crippen molar-refractivity contribution in [2.45, 2.75) is 12.8 Å². The molecule has 0 N–H and O–H groups in total. The van der Waals surface area contributed by atoms with Crippen molar-refractivity contribution in [3.05, 3.63) is 96.5 Å². The number of benzene rings is 2. The van der Waals surface area contributed by atoms with Crippen LogP contribution >= 0.6 is 0 Å². The Morgan fingerprint density at radius 1 is 0.727 bits per heavy atom. The Hall–Kier alpha value is -2.81. The van der Waals surface area contributed by atoms with Gasteiger partial charge in [0.25, 0.3) is 0 Å². The van der Waals surface area contributed by atoms with Gasteiger partial charge < -0.3 is 9.47 Å². The highest BCUT2D eigenvalue weighted by molar-refractivity contribution is 5.62. The van der Waals surface area contributed by atoms with Crippen LogP contribution in [0.4, 0.5) is 4.79 Å². The van der Waals surface area contributed by atoms with Crippen molar-refractivity contribution in [3.8, 4) is 0 Å². The third-order valence-corrected chi connectivity index (χ3v) is 2.94. The van der Waals surface area contributed by atoms with Gasteiger partial charge in [0.1, 0.15) is 11.5 Å². The van der Waals surface area contributed by atoms with Crippen molar-refractivity contribution in [1.29, 1.82) is 0 Å². The first-order chi connectivity index (χ1) is 10.6. The van der Waals surface area contributed by atoms with E-state index in [1.807, 2.05) is 60.7 Å². The molecule has 0 aliphatic carbocycles. The molecule has 0 amide bonds. The molecule has 2 aromatic rings. The summed E-state index contributed by atoms with van der Waals surface area (Å²) in [6.07, 6.45) is 0.115. The molecule has 0 unspecified atom stereocenters. The zero-order valence-electron chi connectivity index (χ0n) is 12.3. The van der Waals surface area contributed by atoms with E-state index in [1.54, 1.807) is 0 Å². The monoisotopic (exact) mass is 294 g/mol. The third kappa shape index (κ3) is 5.29. The SMILES string of the molecule is C=C(Cc1ccccc1)OC(=O)OC(=C)Cc1ccccc1. The molecule has 0 atom stereocenters. The quantitative estimate of drug-likeness (QED) is 0.574. The van der Waals surface area contributed by atoms with Gasteiger partial charge in [0.2, 0.25) is 0 Å². The van der Waals surface area contributed by atoms with E-state index in [9.17, 15) is 4.79 Å². The molecule has 0 aliphatic rings. The summed E-state index contributed by atoms with van der Waals surface area (Å²) in [4.78, 5) is 11.7. The van der Waals surface area contributed by atoms with Crippen LogP contribution in [0.2, 0.25) is 0 Å². The van der Waals surface area contributed by atoms with Gasteiger partial charge in [-0.2, -0.15) is 0 Å². The van der Waals surface area contributed by atoms with Crippen LogP contribution in [-0.2, 0) is 22.3 Å². The van der Waals surface area contributed by atoms with E-state index in [0.717, 1.165) is 11.1 Å². The number of carbonyl (C=O) groups excluding carboxylic acids is 1. The molecule has 0 saturated heterocycles. The molecule has 0 fully saturated rings. The van der Waals surface area contributed by atoms with Crippen LogP contribution in [0, 0.1) is 0 Å². The molecule has 0 aliphatic heterocycles. The van der Waals surface area contributed by atoms with Crippen LogP contribution < -0.4 is 0 Å². The molecule has 0 heterocycles.